The third-order valence-corrected chi connectivity index (χ3v) is 2.40. The molecule has 0 saturated carbocycles. The number of amides is 1. The molecule has 8 heteroatoms. The Hall–Kier alpha value is -0.860. The number of hydrogen-bond donors (Lipinski definition) is 3. The maximum Gasteiger partial charge on any atom is 0.421 e. The van der Waals surface area contributed by atoms with Gasteiger partial charge in [-0.05, 0) is 20.3 Å². The number of nitrogens with two attached hydrogens (primary N) is 1. The largest absolute Gasteiger partial charge is 0.449 e. The van der Waals surface area contributed by atoms with E-state index in [4.69, 9.17) is 5.73 Å². The first kappa shape index (κ1) is 14.1. The van der Waals surface area contributed by atoms with Crippen LogP contribution in [0.25, 0.3) is 0 Å². The lowest BCUT2D eigenvalue weighted by atomic mass is 10.3. The molecule has 0 aromatic rings. The van der Waals surface area contributed by atoms with Gasteiger partial charge in [-0.15, -0.1) is 0 Å². The number of hydrogen-bond acceptors (Lipinski definition) is 5. The van der Waals surface area contributed by atoms with E-state index >= 15 is 0 Å². The maximum atomic E-state index is 11.1. The molecule has 0 heterocycles. The van der Waals surface area contributed by atoms with Gasteiger partial charge in [-0.1, -0.05) is 0 Å². The number of nitrogens with one attached hydrogen (secondary N) is 2. The first-order chi connectivity index (χ1) is 6.87. The van der Waals surface area contributed by atoms with Gasteiger partial charge in [0.15, 0.2) is 0 Å². The monoisotopic (exact) mass is 239 g/mol. The van der Waals surface area contributed by atoms with Crippen molar-refractivity contribution in [2.45, 2.75) is 26.3 Å². The molecule has 90 valence electrons. The zero-order valence-corrected chi connectivity index (χ0v) is 9.63. The zero-order chi connectivity index (χ0) is 11.9. The van der Waals surface area contributed by atoms with E-state index in [1.54, 1.807) is 18.6 Å². The van der Waals surface area contributed by atoms with Crippen LogP contribution in [0, 0.1) is 0 Å². The molecule has 1 unspecified atom stereocenters. The van der Waals surface area contributed by atoms with Gasteiger partial charge < -0.3 is 10.5 Å². The first-order valence-corrected chi connectivity index (χ1v) is 6.05. The van der Waals surface area contributed by atoms with Crippen molar-refractivity contribution in [3.8, 4) is 0 Å². The fourth-order valence-electron chi connectivity index (χ4n) is 0.727. The summed E-state index contributed by atoms with van der Waals surface area (Å²) in [6.07, 6.45) is -0.505. The van der Waals surface area contributed by atoms with Gasteiger partial charge in [0.25, 0.3) is 0 Å². The highest BCUT2D eigenvalue weighted by Gasteiger charge is 2.13. The van der Waals surface area contributed by atoms with Gasteiger partial charge in [-0.3, -0.25) is 0 Å². The molecule has 0 aromatic heterocycles. The Morgan fingerprint density at radius 3 is 2.60 bits per heavy atom. The van der Waals surface area contributed by atoms with Crippen molar-refractivity contribution in [1.29, 1.82) is 0 Å². The fraction of sp³-hybridized carbons (Fsp3) is 0.857. The standard InChI is InChI=1S/C7H17N3O4S/c1-3-14-7(11)10-15(12,13)9-5-4-6(2)8/h6,9H,3-5,8H2,1-2H3,(H,10,11). The summed E-state index contributed by atoms with van der Waals surface area (Å²) >= 11 is 0. The molecule has 1 atom stereocenters. The van der Waals surface area contributed by atoms with Crippen molar-refractivity contribution in [3.63, 3.8) is 0 Å². The van der Waals surface area contributed by atoms with Gasteiger partial charge in [0, 0.05) is 12.6 Å². The Morgan fingerprint density at radius 1 is 1.53 bits per heavy atom. The minimum absolute atomic E-state index is 0.102. The van der Waals surface area contributed by atoms with Crippen LogP contribution < -0.4 is 15.2 Å². The highest BCUT2D eigenvalue weighted by Crippen LogP contribution is 1.86. The lowest BCUT2D eigenvalue weighted by molar-refractivity contribution is 0.158. The van der Waals surface area contributed by atoms with E-state index in [2.05, 4.69) is 9.46 Å². The molecule has 0 saturated heterocycles. The maximum absolute atomic E-state index is 11.1. The summed E-state index contributed by atoms with van der Waals surface area (Å²) < 4.78 is 30.5. The molecule has 0 aliphatic carbocycles. The van der Waals surface area contributed by atoms with Crippen LogP contribution in [-0.2, 0) is 14.9 Å². The Labute approximate surface area is 89.5 Å². The average molecular weight is 239 g/mol. The van der Waals surface area contributed by atoms with Gasteiger partial charge in [0.1, 0.15) is 0 Å². The van der Waals surface area contributed by atoms with Crippen molar-refractivity contribution in [1.82, 2.24) is 9.44 Å². The molecule has 15 heavy (non-hydrogen) atoms. The van der Waals surface area contributed by atoms with Crippen molar-refractivity contribution >= 4 is 16.3 Å². The highest BCUT2D eigenvalue weighted by molar-refractivity contribution is 7.88. The van der Waals surface area contributed by atoms with Crippen LogP contribution in [0.15, 0.2) is 0 Å². The second-order valence-corrected chi connectivity index (χ2v) is 4.49. The number of rotatable bonds is 6. The van der Waals surface area contributed by atoms with Crippen LogP contribution in [-0.4, -0.2) is 33.7 Å². The summed E-state index contributed by atoms with van der Waals surface area (Å²) in [7, 11) is -3.83. The van der Waals surface area contributed by atoms with E-state index in [0.717, 1.165) is 0 Å². The Balaban J connectivity index is 3.92. The van der Waals surface area contributed by atoms with Gasteiger partial charge in [0.05, 0.1) is 6.61 Å². The quantitative estimate of drug-likeness (QED) is 0.568. The highest BCUT2D eigenvalue weighted by atomic mass is 32.2. The van der Waals surface area contributed by atoms with Crippen molar-refractivity contribution in [2.24, 2.45) is 5.73 Å². The van der Waals surface area contributed by atoms with E-state index < -0.39 is 16.3 Å². The van der Waals surface area contributed by atoms with E-state index in [9.17, 15) is 13.2 Å². The van der Waals surface area contributed by atoms with Crippen molar-refractivity contribution in [3.05, 3.63) is 0 Å². The first-order valence-electron chi connectivity index (χ1n) is 4.57. The van der Waals surface area contributed by atoms with Crippen LogP contribution in [0.2, 0.25) is 0 Å². The summed E-state index contributed by atoms with van der Waals surface area (Å²) in [4.78, 5) is 10.8. The van der Waals surface area contributed by atoms with E-state index in [0.29, 0.717) is 6.42 Å². The Bertz CT molecular complexity index is 289. The summed E-state index contributed by atoms with van der Waals surface area (Å²) in [6, 6.07) is -0.102. The van der Waals surface area contributed by atoms with Gasteiger partial charge in [0.2, 0.25) is 0 Å². The van der Waals surface area contributed by atoms with Crippen LogP contribution in [0.1, 0.15) is 20.3 Å². The molecule has 0 bridgehead atoms. The number of carbonyl (C=O) groups is 1. The number of carbonyl (C=O) groups excluding carboxylic acids is 1. The smallest absolute Gasteiger partial charge is 0.421 e. The topological polar surface area (TPSA) is 111 Å². The summed E-state index contributed by atoms with van der Waals surface area (Å²) in [6.45, 7) is 3.62. The third kappa shape index (κ3) is 8.16. The molecule has 0 spiro atoms. The summed E-state index contributed by atoms with van der Waals surface area (Å²) in [5.74, 6) is 0. The molecule has 4 N–H and O–H groups in total. The molecule has 0 aliphatic heterocycles. The minimum Gasteiger partial charge on any atom is -0.449 e. The van der Waals surface area contributed by atoms with E-state index in [1.165, 1.54) is 0 Å². The van der Waals surface area contributed by atoms with Gasteiger partial charge >= 0.3 is 16.3 Å². The zero-order valence-electron chi connectivity index (χ0n) is 8.82. The van der Waals surface area contributed by atoms with Crippen LogP contribution in [0.4, 0.5) is 4.79 Å². The molecule has 1 amide bonds. The normalized spacial score (nSPS) is 13.3. The molecule has 0 aromatic carbocycles. The predicted octanol–water partition coefficient (Wildman–Crippen LogP) is -0.696. The van der Waals surface area contributed by atoms with Crippen LogP contribution in [0.3, 0.4) is 0 Å². The summed E-state index contributed by atoms with van der Waals surface area (Å²) in [5.41, 5.74) is 5.42. The third-order valence-electron chi connectivity index (χ3n) is 1.38. The van der Waals surface area contributed by atoms with Gasteiger partial charge in [-0.25, -0.2) is 9.52 Å². The molecule has 0 aliphatic rings. The minimum atomic E-state index is -3.83. The van der Waals surface area contributed by atoms with E-state index in [-0.39, 0.29) is 19.2 Å². The molecule has 7 nitrogen and oxygen atoms in total. The summed E-state index contributed by atoms with van der Waals surface area (Å²) in [5, 5.41) is 0. The van der Waals surface area contributed by atoms with Crippen LogP contribution in [0.5, 0.6) is 0 Å². The molecular weight excluding hydrogens is 222 g/mol. The van der Waals surface area contributed by atoms with Gasteiger partial charge in [-0.2, -0.15) is 13.1 Å². The van der Waals surface area contributed by atoms with E-state index in [1.807, 2.05) is 0 Å². The molecular formula is C7H17N3O4S. The number of ether oxygens (including phenoxy) is 1. The van der Waals surface area contributed by atoms with Crippen molar-refractivity contribution in [2.75, 3.05) is 13.2 Å². The predicted molar refractivity (Wildman–Crippen MR) is 55.3 cm³/mol. The Kier molecular flexibility index (Phi) is 6.21. The molecule has 0 rings (SSSR count). The average Bonchev–Trinajstić information content (AvgIpc) is 2.01. The lowest BCUT2D eigenvalue weighted by Crippen LogP contribution is -2.41. The Morgan fingerprint density at radius 2 is 2.13 bits per heavy atom. The fourth-order valence-corrected chi connectivity index (χ4v) is 1.46. The van der Waals surface area contributed by atoms with Crippen molar-refractivity contribution < 1.29 is 17.9 Å². The SMILES string of the molecule is CCOC(=O)NS(=O)(=O)NCCC(C)N. The lowest BCUT2D eigenvalue weighted by Gasteiger charge is -2.09. The molecule has 0 radical (unpaired) electrons. The van der Waals surface area contributed by atoms with Crippen LogP contribution >= 0.6 is 0 Å². The molecule has 0 fully saturated rings. The second-order valence-electron chi connectivity index (χ2n) is 2.99. The second kappa shape index (κ2) is 6.59.